The fourth-order valence-corrected chi connectivity index (χ4v) is 1.61. The van der Waals surface area contributed by atoms with Gasteiger partial charge in [-0.3, -0.25) is 4.79 Å². The molecule has 1 unspecified atom stereocenters. The van der Waals surface area contributed by atoms with E-state index in [2.05, 4.69) is 0 Å². The van der Waals surface area contributed by atoms with E-state index in [0.29, 0.717) is 23.0 Å². The van der Waals surface area contributed by atoms with Crippen molar-refractivity contribution in [2.75, 3.05) is 6.61 Å². The van der Waals surface area contributed by atoms with Crippen LogP contribution in [-0.4, -0.2) is 17.8 Å². The molecule has 0 saturated heterocycles. The highest BCUT2D eigenvalue weighted by Gasteiger charge is 2.09. The van der Waals surface area contributed by atoms with Gasteiger partial charge in [0.1, 0.15) is 5.58 Å². The third-order valence-corrected chi connectivity index (χ3v) is 2.47. The third-order valence-electron chi connectivity index (χ3n) is 2.47. The molecule has 2 rings (SSSR count). The molecule has 4 nitrogen and oxygen atoms in total. The SMILES string of the molecule is Cl.NC(CO)Cc1coc2ccccc2c1=O. The van der Waals surface area contributed by atoms with Gasteiger partial charge in [-0.05, 0) is 18.6 Å². The average molecular weight is 256 g/mol. The van der Waals surface area contributed by atoms with Crippen molar-refractivity contribution in [1.82, 2.24) is 0 Å². The van der Waals surface area contributed by atoms with Gasteiger partial charge in [0.05, 0.1) is 18.3 Å². The van der Waals surface area contributed by atoms with Crippen LogP contribution < -0.4 is 11.2 Å². The van der Waals surface area contributed by atoms with Gasteiger partial charge in [-0.2, -0.15) is 0 Å². The van der Waals surface area contributed by atoms with Crippen molar-refractivity contribution in [2.45, 2.75) is 12.5 Å². The van der Waals surface area contributed by atoms with Gasteiger partial charge in [0.2, 0.25) is 0 Å². The van der Waals surface area contributed by atoms with Crippen molar-refractivity contribution >= 4 is 23.4 Å². The second kappa shape index (κ2) is 5.82. The summed E-state index contributed by atoms with van der Waals surface area (Å²) >= 11 is 0. The first-order valence-corrected chi connectivity index (χ1v) is 5.08. The zero-order valence-electron chi connectivity index (χ0n) is 9.13. The van der Waals surface area contributed by atoms with Gasteiger partial charge in [-0.15, -0.1) is 12.4 Å². The molecular formula is C12H14ClNO3. The maximum Gasteiger partial charge on any atom is 0.195 e. The molecular weight excluding hydrogens is 242 g/mol. The summed E-state index contributed by atoms with van der Waals surface area (Å²) in [5.74, 6) is 0. The number of aliphatic hydroxyl groups is 1. The standard InChI is InChI=1S/C12H13NO3.ClH/c13-9(6-14)5-8-7-16-11-4-2-1-3-10(11)12(8)15;/h1-4,7,9,14H,5-6,13H2;1H. The quantitative estimate of drug-likeness (QED) is 0.860. The average Bonchev–Trinajstić information content (AvgIpc) is 2.33. The summed E-state index contributed by atoms with van der Waals surface area (Å²) < 4.78 is 5.33. The molecule has 1 heterocycles. The lowest BCUT2D eigenvalue weighted by Crippen LogP contribution is -2.29. The van der Waals surface area contributed by atoms with Crippen molar-refractivity contribution in [3.8, 4) is 0 Å². The largest absolute Gasteiger partial charge is 0.464 e. The van der Waals surface area contributed by atoms with Crippen LogP contribution in [0.1, 0.15) is 5.56 Å². The fourth-order valence-electron chi connectivity index (χ4n) is 1.61. The van der Waals surface area contributed by atoms with E-state index in [1.165, 1.54) is 6.26 Å². The van der Waals surface area contributed by atoms with Crippen molar-refractivity contribution in [3.63, 3.8) is 0 Å². The van der Waals surface area contributed by atoms with Gasteiger partial charge in [0.15, 0.2) is 5.43 Å². The molecule has 0 aliphatic carbocycles. The zero-order chi connectivity index (χ0) is 11.5. The van der Waals surface area contributed by atoms with Gasteiger partial charge in [0.25, 0.3) is 0 Å². The number of hydrogen-bond acceptors (Lipinski definition) is 4. The molecule has 1 aromatic heterocycles. The van der Waals surface area contributed by atoms with Crippen molar-refractivity contribution in [2.24, 2.45) is 5.73 Å². The van der Waals surface area contributed by atoms with E-state index in [1.807, 2.05) is 6.07 Å². The minimum Gasteiger partial charge on any atom is -0.464 e. The first-order valence-electron chi connectivity index (χ1n) is 5.08. The molecule has 1 aromatic carbocycles. The minimum atomic E-state index is -0.427. The van der Waals surface area contributed by atoms with Crippen LogP contribution in [0.15, 0.2) is 39.7 Å². The zero-order valence-corrected chi connectivity index (χ0v) is 9.94. The van der Waals surface area contributed by atoms with Crippen molar-refractivity contribution in [1.29, 1.82) is 0 Å². The van der Waals surface area contributed by atoms with Gasteiger partial charge in [0, 0.05) is 11.6 Å². The Morgan fingerprint density at radius 1 is 1.35 bits per heavy atom. The minimum absolute atomic E-state index is 0. The van der Waals surface area contributed by atoms with Gasteiger partial charge < -0.3 is 15.3 Å². The Kier molecular flexibility index (Phi) is 4.69. The van der Waals surface area contributed by atoms with E-state index in [9.17, 15) is 4.79 Å². The fraction of sp³-hybridized carbons (Fsp3) is 0.250. The maximum atomic E-state index is 12.0. The molecule has 2 aromatic rings. The smallest absolute Gasteiger partial charge is 0.195 e. The van der Waals surface area contributed by atoms with E-state index < -0.39 is 6.04 Å². The summed E-state index contributed by atoms with van der Waals surface area (Å²) in [6.07, 6.45) is 1.74. The number of rotatable bonds is 3. The highest BCUT2D eigenvalue weighted by molar-refractivity contribution is 5.85. The Morgan fingerprint density at radius 2 is 2.06 bits per heavy atom. The summed E-state index contributed by atoms with van der Waals surface area (Å²) in [4.78, 5) is 12.0. The molecule has 1 atom stereocenters. The van der Waals surface area contributed by atoms with Crippen molar-refractivity contribution in [3.05, 3.63) is 46.3 Å². The van der Waals surface area contributed by atoms with Crippen LogP contribution in [0.3, 0.4) is 0 Å². The predicted octanol–water partition coefficient (Wildman–Crippen LogP) is 1.08. The Balaban J connectivity index is 0.00000144. The molecule has 0 spiro atoms. The van der Waals surface area contributed by atoms with Crippen LogP contribution in [0.2, 0.25) is 0 Å². The Hall–Kier alpha value is -1.36. The lowest BCUT2D eigenvalue weighted by molar-refractivity contribution is 0.265. The summed E-state index contributed by atoms with van der Waals surface area (Å²) in [5, 5.41) is 9.39. The number of para-hydroxylation sites is 1. The van der Waals surface area contributed by atoms with E-state index >= 15 is 0 Å². The van der Waals surface area contributed by atoms with Crippen LogP contribution >= 0.6 is 12.4 Å². The van der Waals surface area contributed by atoms with Crippen molar-refractivity contribution < 1.29 is 9.52 Å². The topological polar surface area (TPSA) is 76.5 Å². The molecule has 0 aliphatic heterocycles. The maximum absolute atomic E-state index is 12.0. The second-order valence-electron chi connectivity index (χ2n) is 3.73. The number of nitrogens with two attached hydrogens (primary N) is 1. The van der Waals surface area contributed by atoms with Gasteiger partial charge >= 0.3 is 0 Å². The molecule has 17 heavy (non-hydrogen) atoms. The number of fused-ring (bicyclic) bond motifs is 1. The van der Waals surface area contributed by atoms with Crippen LogP contribution in [0.25, 0.3) is 11.0 Å². The Bertz CT molecular complexity index is 553. The van der Waals surface area contributed by atoms with E-state index in [1.54, 1.807) is 18.2 Å². The highest BCUT2D eigenvalue weighted by atomic mass is 35.5. The molecule has 3 N–H and O–H groups in total. The molecule has 5 heteroatoms. The summed E-state index contributed by atoms with van der Waals surface area (Å²) in [6, 6.07) is 6.63. The second-order valence-corrected chi connectivity index (χ2v) is 3.73. The molecule has 0 amide bonds. The Morgan fingerprint density at radius 3 is 2.76 bits per heavy atom. The number of benzene rings is 1. The van der Waals surface area contributed by atoms with E-state index in [0.717, 1.165) is 0 Å². The molecule has 92 valence electrons. The monoisotopic (exact) mass is 255 g/mol. The van der Waals surface area contributed by atoms with Gasteiger partial charge in [-0.25, -0.2) is 0 Å². The molecule has 0 radical (unpaired) electrons. The molecule has 0 aliphatic rings. The summed E-state index contributed by atoms with van der Waals surface area (Å²) in [7, 11) is 0. The van der Waals surface area contributed by atoms with E-state index in [-0.39, 0.29) is 24.4 Å². The van der Waals surface area contributed by atoms with Crippen LogP contribution in [0.5, 0.6) is 0 Å². The van der Waals surface area contributed by atoms with Gasteiger partial charge in [-0.1, -0.05) is 12.1 Å². The molecule has 0 saturated carbocycles. The van der Waals surface area contributed by atoms with Crippen LogP contribution in [0.4, 0.5) is 0 Å². The highest BCUT2D eigenvalue weighted by Crippen LogP contribution is 2.10. The molecule has 0 bridgehead atoms. The number of aliphatic hydroxyl groups excluding tert-OH is 1. The normalized spacial score (nSPS) is 12.1. The third kappa shape index (κ3) is 2.85. The summed E-state index contributed by atoms with van der Waals surface area (Å²) in [6.45, 7) is -0.147. The van der Waals surface area contributed by atoms with Crippen LogP contribution in [0, 0.1) is 0 Å². The van der Waals surface area contributed by atoms with Crippen LogP contribution in [-0.2, 0) is 6.42 Å². The van der Waals surface area contributed by atoms with E-state index in [4.69, 9.17) is 15.3 Å². The molecule has 0 fully saturated rings. The predicted molar refractivity (Wildman–Crippen MR) is 68.5 cm³/mol. The Labute approximate surface area is 104 Å². The number of halogens is 1. The first kappa shape index (κ1) is 13.7. The lowest BCUT2D eigenvalue weighted by Gasteiger charge is -2.07. The number of hydrogen-bond donors (Lipinski definition) is 2. The summed E-state index contributed by atoms with van der Waals surface area (Å²) in [5.41, 5.74) is 6.57. The lowest BCUT2D eigenvalue weighted by atomic mass is 10.1. The first-order chi connectivity index (χ1) is 7.72.